The average molecular weight is 312 g/mol. The smallest absolute Gasteiger partial charge is 0.355 e. The van der Waals surface area contributed by atoms with Gasteiger partial charge in [0.25, 0.3) is 0 Å². The van der Waals surface area contributed by atoms with Gasteiger partial charge in [-0.25, -0.2) is 18.6 Å². The van der Waals surface area contributed by atoms with Crippen LogP contribution in [0.15, 0.2) is 54.9 Å². The van der Waals surface area contributed by atoms with Gasteiger partial charge in [0.1, 0.15) is 11.6 Å². The Labute approximate surface area is 130 Å². The quantitative estimate of drug-likeness (QED) is 0.799. The largest absolute Gasteiger partial charge is 0.476 e. The van der Waals surface area contributed by atoms with Crippen LogP contribution in [0.25, 0.3) is 22.4 Å². The number of rotatable bonds is 3. The van der Waals surface area contributed by atoms with Crippen LogP contribution in [0.1, 0.15) is 10.5 Å². The Hall–Kier alpha value is -3.15. The molecule has 2 aromatic heterocycles. The Morgan fingerprint density at radius 1 is 0.957 bits per heavy atom. The lowest BCUT2D eigenvalue weighted by atomic mass is 9.95. The molecule has 2 heterocycles. The minimum absolute atomic E-state index is 0.0301. The highest BCUT2D eigenvalue weighted by molar-refractivity contribution is 5.96. The number of pyridine rings is 2. The fourth-order valence-corrected chi connectivity index (χ4v) is 2.35. The normalized spacial score (nSPS) is 10.5. The van der Waals surface area contributed by atoms with Crippen molar-refractivity contribution >= 4 is 5.97 Å². The first-order chi connectivity index (χ1) is 11.1. The summed E-state index contributed by atoms with van der Waals surface area (Å²) < 4.78 is 28.1. The highest BCUT2D eigenvalue weighted by Gasteiger charge is 2.20. The number of carboxylic acids is 1. The molecule has 0 aliphatic heterocycles. The first-order valence-electron chi connectivity index (χ1n) is 6.67. The lowest BCUT2D eigenvalue weighted by Crippen LogP contribution is -2.04. The number of hydrogen-bond acceptors (Lipinski definition) is 3. The molecule has 0 saturated heterocycles. The lowest BCUT2D eigenvalue weighted by Gasteiger charge is -2.12. The summed E-state index contributed by atoms with van der Waals surface area (Å²) in [6.07, 6.45) is 2.78. The zero-order chi connectivity index (χ0) is 16.4. The monoisotopic (exact) mass is 312 g/mol. The molecule has 0 bridgehead atoms. The van der Waals surface area contributed by atoms with Crippen LogP contribution in [0, 0.1) is 11.6 Å². The van der Waals surface area contributed by atoms with Crippen LogP contribution in [0.4, 0.5) is 8.78 Å². The Morgan fingerprint density at radius 3 is 2.43 bits per heavy atom. The average Bonchev–Trinajstić information content (AvgIpc) is 2.55. The van der Waals surface area contributed by atoms with Gasteiger partial charge in [0.05, 0.1) is 5.69 Å². The number of aromatic carboxylic acids is 1. The Morgan fingerprint density at radius 2 is 1.74 bits per heavy atom. The molecule has 0 fully saturated rings. The molecule has 1 N–H and O–H groups in total. The van der Waals surface area contributed by atoms with Gasteiger partial charge < -0.3 is 5.11 Å². The second-order valence-corrected chi connectivity index (χ2v) is 4.73. The summed E-state index contributed by atoms with van der Waals surface area (Å²) in [5, 5.41) is 9.26. The van der Waals surface area contributed by atoms with E-state index in [9.17, 15) is 18.7 Å². The van der Waals surface area contributed by atoms with Gasteiger partial charge in [-0.3, -0.25) is 4.98 Å². The standard InChI is InChI=1S/C17H10F2N2O2/c18-10-8-12(11-4-3-7-21-16(11)17(22)23)15(13(19)9-10)14-5-1-2-6-20-14/h1-9H,(H,22,23). The predicted octanol–water partition coefficient (Wildman–Crippen LogP) is 3.79. The molecule has 3 aromatic rings. The van der Waals surface area contributed by atoms with Crippen molar-refractivity contribution in [3.8, 4) is 22.4 Å². The fourth-order valence-electron chi connectivity index (χ4n) is 2.35. The summed E-state index contributed by atoms with van der Waals surface area (Å²) in [4.78, 5) is 19.2. The highest BCUT2D eigenvalue weighted by atomic mass is 19.1. The number of hydrogen-bond donors (Lipinski definition) is 1. The maximum Gasteiger partial charge on any atom is 0.355 e. The van der Waals surface area contributed by atoms with E-state index in [1.54, 1.807) is 18.2 Å². The van der Waals surface area contributed by atoms with Crippen molar-refractivity contribution in [3.63, 3.8) is 0 Å². The number of carbonyl (C=O) groups is 1. The number of benzene rings is 1. The zero-order valence-electron chi connectivity index (χ0n) is 11.7. The van der Waals surface area contributed by atoms with E-state index in [0.29, 0.717) is 0 Å². The maximum absolute atomic E-state index is 14.4. The van der Waals surface area contributed by atoms with Crippen LogP contribution >= 0.6 is 0 Å². The summed E-state index contributed by atoms with van der Waals surface area (Å²) in [7, 11) is 0. The number of carboxylic acid groups (broad SMARTS) is 1. The molecule has 0 saturated carbocycles. The van der Waals surface area contributed by atoms with Gasteiger partial charge in [-0.1, -0.05) is 12.1 Å². The number of aromatic nitrogens is 2. The third kappa shape index (κ3) is 2.78. The molecule has 4 nitrogen and oxygen atoms in total. The zero-order valence-corrected chi connectivity index (χ0v) is 11.7. The first-order valence-corrected chi connectivity index (χ1v) is 6.67. The molecule has 0 amide bonds. The summed E-state index contributed by atoms with van der Waals surface area (Å²) in [5.41, 5.74) is 0.239. The van der Waals surface area contributed by atoms with Gasteiger partial charge in [0.2, 0.25) is 0 Å². The second kappa shape index (κ2) is 5.92. The molecule has 23 heavy (non-hydrogen) atoms. The molecule has 0 aliphatic carbocycles. The van der Waals surface area contributed by atoms with Gasteiger partial charge in [0, 0.05) is 29.6 Å². The Kier molecular flexibility index (Phi) is 3.80. The van der Waals surface area contributed by atoms with Crippen molar-refractivity contribution in [2.45, 2.75) is 0 Å². The van der Waals surface area contributed by atoms with E-state index in [1.165, 1.54) is 24.5 Å². The van der Waals surface area contributed by atoms with Gasteiger partial charge in [-0.2, -0.15) is 0 Å². The van der Waals surface area contributed by atoms with Crippen molar-refractivity contribution < 1.29 is 18.7 Å². The molecule has 1 aromatic carbocycles. The summed E-state index contributed by atoms with van der Waals surface area (Å²) >= 11 is 0. The van der Waals surface area contributed by atoms with Gasteiger partial charge in [0.15, 0.2) is 5.69 Å². The number of halogens is 2. The summed E-state index contributed by atoms with van der Waals surface area (Å²) in [6.45, 7) is 0. The molecular formula is C17H10F2N2O2. The van der Waals surface area contributed by atoms with E-state index in [4.69, 9.17) is 0 Å². The van der Waals surface area contributed by atoms with Crippen LogP contribution in [-0.2, 0) is 0 Å². The molecular weight excluding hydrogens is 302 g/mol. The summed E-state index contributed by atoms with van der Waals surface area (Å²) in [5.74, 6) is -2.91. The minimum atomic E-state index is -1.28. The molecule has 0 radical (unpaired) electrons. The van der Waals surface area contributed by atoms with Crippen LogP contribution < -0.4 is 0 Å². The Balaban J connectivity index is 2.35. The molecule has 3 rings (SSSR count). The topological polar surface area (TPSA) is 63.1 Å². The van der Waals surface area contributed by atoms with Crippen molar-refractivity contribution in [2.75, 3.05) is 0 Å². The first kappa shape index (κ1) is 14.8. The van der Waals surface area contributed by atoms with Crippen molar-refractivity contribution in [1.29, 1.82) is 0 Å². The second-order valence-electron chi connectivity index (χ2n) is 4.73. The molecule has 0 aliphatic rings. The molecule has 6 heteroatoms. The predicted molar refractivity (Wildman–Crippen MR) is 79.8 cm³/mol. The molecule has 0 spiro atoms. The maximum atomic E-state index is 14.4. The van der Waals surface area contributed by atoms with Gasteiger partial charge >= 0.3 is 5.97 Å². The van der Waals surface area contributed by atoms with Crippen molar-refractivity contribution in [1.82, 2.24) is 9.97 Å². The van der Waals surface area contributed by atoms with E-state index >= 15 is 0 Å². The van der Waals surface area contributed by atoms with E-state index in [0.717, 1.165) is 12.1 Å². The summed E-state index contributed by atoms with van der Waals surface area (Å²) in [6, 6.07) is 9.68. The van der Waals surface area contributed by atoms with E-state index in [1.807, 2.05) is 0 Å². The molecule has 0 unspecified atom stereocenters. The SMILES string of the molecule is O=C(O)c1ncccc1-c1cc(F)cc(F)c1-c1ccccn1. The van der Waals surface area contributed by atoms with E-state index in [2.05, 4.69) is 9.97 Å². The van der Waals surface area contributed by atoms with Gasteiger partial charge in [-0.05, 0) is 29.8 Å². The van der Waals surface area contributed by atoms with E-state index in [-0.39, 0.29) is 28.1 Å². The lowest BCUT2D eigenvalue weighted by molar-refractivity contribution is 0.0691. The van der Waals surface area contributed by atoms with E-state index < -0.39 is 17.6 Å². The van der Waals surface area contributed by atoms with Crippen LogP contribution in [0.2, 0.25) is 0 Å². The van der Waals surface area contributed by atoms with Crippen LogP contribution in [0.3, 0.4) is 0 Å². The fraction of sp³-hybridized carbons (Fsp3) is 0. The molecule has 0 atom stereocenters. The third-order valence-electron chi connectivity index (χ3n) is 3.28. The minimum Gasteiger partial charge on any atom is -0.476 e. The van der Waals surface area contributed by atoms with Crippen molar-refractivity contribution in [2.24, 2.45) is 0 Å². The third-order valence-corrected chi connectivity index (χ3v) is 3.28. The number of nitrogens with zero attached hydrogens (tertiary/aromatic N) is 2. The van der Waals surface area contributed by atoms with Gasteiger partial charge in [-0.15, -0.1) is 0 Å². The van der Waals surface area contributed by atoms with Crippen molar-refractivity contribution in [3.05, 3.63) is 72.2 Å². The highest BCUT2D eigenvalue weighted by Crippen LogP contribution is 2.35. The van der Waals surface area contributed by atoms with Crippen LogP contribution in [-0.4, -0.2) is 21.0 Å². The van der Waals surface area contributed by atoms with Crippen LogP contribution in [0.5, 0.6) is 0 Å². The molecule has 114 valence electrons. The Bertz CT molecular complexity index is 883.